The largest absolute Gasteiger partial charge is 0.508 e. The summed E-state index contributed by atoms with van der Waals surface area (Å²) < 4.78 is 21.9. The van der Waals surface area contributed by atoms with E-state index in [1.165, 1.54) is 30.5 Å². The number of carbonyl (C=O) groups excluding carboxylic acids is 1. The molecule has 14 heteroatoms. The highest BCUT2D eigenvalue weighted by molar-refractivity contribution is 5.66. The fourth-order valence-corrected chi connectivity index (χ4v) is 4.02. The van der Waals surface area contributed by atoms with Gasteiger partial charge in [-0.2, -0.15) is 0 Å². The van der Waals surface area contributed by atoms with E-state index in [0.717, 1.165) is 24.3 Å². The molecule has 230 valence electrons. The molecule has 0 unspecified atom stereocenters. The number of rotatable bonds is 14. The number of aliphatic hydroxyl groups is 5. The van der Waals surface area contributed by atoms with Crippen LogP contribution >= 0.6 is 0 Å². The summed E-state index contributed by atoms with van der Waals surface area (Å²) >= 11 is 0. The molecule has 8 atom stereocenters. The highest BCUT2D eigenvalue weighted by Gasteiger charge is 2.48. The van der Waals surface area contributed by atoms with Crippen LogP contribution in [0.15, 0.2) is 58.5 Å². The summed E-state index contributed by atoms with van der Waals surface area (Å²) in [6.07, 6.45) is -9.46. The molecular formula is C28H36N2O12. The number of ether oxygens (including phenoxy) is 4. The maximum atomic E-state index is 11.6. The van der Waals surface area contributed by atoms with Crippen LogP contribution in [-0.4, -0.2) is 117 Å². The van der Waals surface area contributed by atoms with Crippen LogP contribution in [0.3, 0.4) is 0 Å². The lowest BCUT2D eigenvalue weighted by Crippen LogP contribution is -2.61. The van der Waals surface area contributed by atoms with E-state index in [-0.39, 0.29) is 24.6 Å². The molecule has 0 amide bonds. The van der Waals surface area contributed by atoms with E-state index in [4.69, 9.17) is 18.9 Å². The van der Waals surface area contributed by atoms with Gasteiger partial charge in [0.05, 0.1) is 32.5 Å². The van der Waals surface area contributed by atoms with Crippen LogP contribution in [0.25, 0.3) is 0 Å². The molecule has 3 rings (SSSR count). The summed E-state index contributed by atoms with van der Waals surface area (Å²) in [6.45, 7) is -0.0138. The van der Waals surface area contributed by atoms with Gasteiger partial charge in [0.25, 0.3) is 0 Å². The minimum absolute atomic E-state index is 0.0742. The molecule has 1 fully saturated rings. The number of aromatic hydroxyl groups is 2. The topological polar surface area (TPSA) is 220 Å². The van der Waals surface area contributed by atoms with Crippen molar-refractivity contribution in [3.63, 3.8) is 0 Å². The summed E-state index contributed by atoms with van der Waals surface area (Å²) in [6, 6.07) is 12.5. The Morgan fingerprint density at radius 2 is 1.48 bits per heavy atom. The Hall–Kier alpha value is -3.47. The molecule has 0 radical (unpaired) electrons. The first kappa shape index (κ1) is 33.0. The van der Waals surface area contributed by atoms with Gasteiger partial charge < -0.3 is 54.7 Å². The van der Waals surface area contributed by atoms with Gasteiger partial charge in [-0.15, -0.1) is 0 Å². The Balaban J connectivity index is 1.77. The molecule has 7 N–H and O–H groups in total. The van der Waals surface area contributed by atoms with Crippen molar-refractivity contribution in [3.8, 4) is 11.5 Å². The van der Waals surface area contributed by atoms with Gasteiger partial charge in [-0.05, 0) is 35.4 Å². The average molecular weight is 593 g/mol. The van der Waals surface area contributed by atoms with E-state index in [9.17, 15) is 40.5 Å². The Kier molecular flexibility index (Phi) is 12.8. The lowest BCUT2D eigenvalue weighted by Gasteiger charge is -2.42. The lowest BCUT2D eigenvalue weighted by atomic mass is 9.99. The molecule has 42 heavy (non-hydrogen) atoms. The number of nitrogens with zero attached hydrogens (tertiary/aromatic N) is 2. The third-order valence-corrected chi connectivity index (χ3v) is 6.18. The lowest BCUT2D eigenvalue weighted by molar-refractivity contribution is -0.315. The van der Waals surface area contributed by atoms with Gasteiger partial charge in [-0.25, -0.2) is 0 Å². The van der Waals surface area contributed by atoms with Gasteiger partial charge in [0.2, 0.25) is 0 Å². The van der Waals surface area contributed by atoms with Gasteiger partial charge in [-0.3, -0.25) is 14.8 Å². The summed E-state index contributed by atoms with van der Waals surface area (Å²) in [5.74, 6) is -0.625. The summed E-state index contributed by atoms with van der Waals surface area (Å²) in [4.78, 5) is 19.9. The second kappa shape index (κ2) is 16.2. The van der Waals surface area contributed by atoms with E-state index < -0.39 is 68.4 Å². The minimum atomic E-state index is -1.71. The number of aliphatic hydroxyl groups excluding tert-OH is 5. The van der Waals surface area contributed by atoms with Crippen LogP contribution in [0.4, 0.5) is 0 Å². The molecule has 0 aromatic heterocycles. The standard InChI is InChI=1S/C28H36N2O12/c1-16(33)39-27-25(37)23(15-32)42-28(26(27)38)41-21(12-29-10-17-2-6-19(34)7-3-17)22(14-31)40-24(36)13-30-11-18-4-8-20(35)9-5-18/h2-9,12-13,21-28,31-32,34-38H,10-11,14-15H2,1H3/t21-,22+,23-,24-,25+,26+,27+,28-/m0/s1. The average Bonchev–Trinajstić information content (AvgIpc) is 2.96. The molecule has 2 aromatic carbocycles. The normalized spacial score (nSPS) is 25.0. The van der Waals surface area contributed by atoms with Crippen molar-refractivity contribution in [2.24, 2.45) is 9.98 Å². The van der Waals surface area contributed by atoms with Crippen LogP contribution in [0.2, 0.25) is 0 Å². The predicted molar refractivity (Wildman–Crippen MR) is 147 cm³/mol. The number of aliphatic imine (C=N–C) groups is 2. The molecule has 0 aliphatic carbocycles. The van der Waals surface area contributed by atoms with Gasteiger partial charge in [0.15, 0.2) is 18.7 Å². The van der Waals surface area contributed by atoms with Crippen LogP contribution in [0, 0.1) is 0 Å². The molecule has 0 bridgehead atoms. The van der Waals surface area contributed by atoms with Gasteiger partial charge in [0.1, 0.15) is 42.0 Å². The number of hydrogen-bond acceptors (Lipinski definition) is 14. The fraction of sp³-hybridized carbons (Fsp3) is 0.464. The minimum Gasteiger partial charge on any atom is -0.508 e. The molecule has 0 saturated carbocycles. The van der Waals surface area contributed by atoms with Gasteiger partial charge in [0, 0.05) is 13.1 Å². The SMILES string of the molecule is CC(=O)O[C@H]1[C@@H](O)[C@@H](O[C@@H](C=NCc2ccc(O)cc2)[C@@H](CO)O[C@H](O)C=NCc2ccc(O)cc2)O[C@@H](CO)[C@H]1O. The van der Waals surface area contributed by atoms with E-state index >= 15 is 0 Å². The summed E-state index contributed by atoms with van der Waals surface area (Å²) in [7, 11) is 0. The molecule has 2 aromatic rings. The maximum Gasteiger partial charge on any atom is 0.303 e. The molecule has 1 aliphatic rings. The van der Waals surface area contributed by atoms with E-state index in [1.54, 1.807) is 24.3 Å². The summed E-state index contributed by atoms with van der Waals surface area (Å²) in [5, 5.41) is 70.2. The quantitative estimate of drug-likeness (QED) is 0.0830. The third kappa shape index (κ3) is 9.82. The van der Waals surface area contributed by atoms with Crippen molar-refractivity contribution in [3.05, 3.63) is 59.7 Å². The van der Waals surface area contributed by atoms with Gasteiger partial charge >= 0.3 is 5.97 Å². The molecule has 1 saturated heterocycles. The second-order valence-corrected chi connectivity index (χ2v) is 9.44. The van der Waals surface area contributed by atoms with E-state index in [0.29, 0.717) is 0 Å². The molecule has 1 heterocycles. The highest BCUT2D eigenvalue weighted by Crippen LogP contribution is 2.26. The number of phenols is 2. The smallest absolute Gasteiger partial charge is 0.303 e. The van der Waals surface area contributed by atoms with Crippen molar-refractivity contribution in [2.45, 2.75) is 69.2 Å². The monoisotopic (exact) mass is 592 g/mol. The van der Waals surface area contributed by atoms with Gasteiger partial charge in [-0.1, -0.05) is 24.3 Å². The first-order valence-corrected chi connectivity index (χ1v) is 13.1. The van der Waals surface area contributed by atoms with E-state index in [2.05, 4.69) is 9.98 Å². The third-order valence-electron chi connectivity index (χ3n) is 6.18. The molecule has 0 spiro atoms. The number of carbonyl (C=O) groups is 1. The Labute approximate surface area is 241 Å². The summed E-state index contributed by atoms with van der Waals surface area (Å²) in [5.41, 5.74) is 1.47. The predicted octanol–water partition coefficient (Wildman–Crippen LogP) is -0.609. The van der Waals surface area contributed by atoms with Crippen LogP contribution < -0.4 is 0 Å². The number of phenolic OH excluding ortho intramolecular Hbond substituents is 2. The number of hydrogen-bond donors (Lipinski definition) is 7. The fourth-order valence-electron chi connectivity index (χ4n) is 4.02. The maximum absolute atomic E-state index is 11.6. The second-order valence-electron chi connectivity index (χ2n) is 9.44. The molecule has 14 nitrogen and oxygen atoms in total. The van der Waals surface area contributed by atoms with Crippen LogP contribution in [0.1, 0.15) is 18.1 Å². The van der Waals surface area contributed by atoms with E-state index in [1.807, 2.05) is 0 Å². The Bertz CT molecular complexity index is 1160. The zero-order valence-electron chi connectivity index (χ0n) is 22.8. The van der Waals surface area contributed by atoms with Crippen molar-refractivity contribution in [2.75, 3.05) is 13.2 Å². The van der Waals surface area contributed by atoms with Crippen molar-refractivity contribution < 1.29 is 59.5 Å². The van der Waals surface area contributed by atoms with Crippen LogP contribution in [-0.2, 0) is 36.8 Å². The van der Waals surface area contributed by atoms with Crippen LogP contribution in [0.5, 0.6) is 11.5 Å². The number of benzene rings is 2. The van der Waals surface area contributed by atoms with Crippen molar-refractivity contribution in [1.29, 1.82) is 0 Å². The zero-order chi connectivity index (χ0) is 30.6. The Morgan fingerprint density at radius 3 is 1.98 bits per heavy atom. The zero-order valence-corrected chi connectivity index (χ0v) is 22.8. The van der Waals surface area contributed by atoms with Crippen molar-refractivity contribution in [1.82, 2.24) is 0 Å². The molecule has 1 aliphatic heterocycles. The number of esters is 1. The van der Waals surface area contributed by atoms with Crippen molar-refractivity contribution >= 4 is 18.4 Å². The Morgan fingerprint density at radius 1 is 0.929 bits per heavy atom. The first-order chi connectivity index (χ1) is 20.1. The molecular weight excluding hydrogens is 556 g/mol. The highest BCUT2D eigenvalue weighted by atomic mass is 16.7. The first-order valence-electron chi connectivity index (χ1n) is 13.1.